The lowest BCUT2D eigenvalue weighted by Crippen LogP contribution is -2.19. The van der Waals surface area contributed by atoms with Crippen molar-refractivity contribution in [1.82, 2.24) is 5.32 Å². The van der Waals surface area contributed by atoms with Crippen LogP contribution in [0.5, 0.6) is 0 Å². The number of hydrogen-bond donors (Lipinski definition) is 1. The summed E-state index contributed by atoms with van der Waals surface area (Å²) in [6.07, 6.45) is 0.190. The average molecular weight is 193 g/mol. The predicted molar refractivity (Wildman–Crippen MR) is 59.4 cm³/mol. The van der Waals surface area contributed by atoms with Gasteiger partial charge in [-0.05, 0) is 19.0 Å². The molecular formula is C12H19NO. The Morgan fingerprint density at radius 1 is 1.29 bits per heavy atom. The second-order valence-corrected chi connectivity index (χ2v) is 3.28. The molecule has 0 heterocycles. The van der Waals surface area contributed by atoms with Gasteiger partial charge in [0.2, 0.25) is 0 Å². The molecule has 1 N–H and O–H groups in total. The van der Waals surface area contributed by atoms with Crippen LogP contribution in [-0.4, -0.2) is 19.7 Å². The van der Waals surface area contributed by atoms with Crippen LogP contribution in [0.25, 0.3) is 0 Å². The highest BCUT2D eigenvalue weighted by Crippen LogP contribution is 2.14. The molecule has 0 bridgehead atoms. The largest absolute Gasteiger partial charge is 0.373 e. The van der Waals surface area contributed by atoms with Crippen molar-refractivity contribution >= 4 is 0 Å². The number of hydrogen-bond acceptors (Lipinski definition) is 2. The highest BCUT2D eigenvalue weighted by molar-refractivity contribution is 5.16. The van der Waals surface area contributed by atoms with Gasteiger partial charge in [0.1, 0.15) is 0 Å². The van der Waals surface area contributed by atoms with E-state index >= 15 is 0 Å². The number of likely N-dealkylation sites (N-methyl/N-ethyl adjacent to an activating group) is 1. The number of benzene rings is 1. The highest BCUT2D eigenvalue weighted by atomic mass is 16.5. The van der Waals surface area contributed by atoms with E-state index in [0.717, 1.165) is 19.7 Å². The molecule has 2 heteroatoms. The summed E-state index contributed by atoms with van der Waals surface area (Å²) < 4.78 is 5.67. The minimum atomic E-state index is 0.190. The van der Waals surface area contributed by atoms with E-state index in [1.54, 1.807) is 0 Å². The summed E-state index contributed by atoms with van der Waals surface area (Å²) in [5, 5.41) is 3.23. The first-order chi connectivity index (χ1) is 6.84. The van der Waals surface area contributed by atoms with Gasteiger partial charge >= 0.3 is 0 Å². The summed E-state index contributed by atoms with van der Waals surface area (Å²) in [5.74, 6) is 0. The Labute approximate surface area is 86.3 Å². The quantitative estimate of drug-likeness (QED) is 0.700. The van der Waals surface area contributed by atoms with E-state index in [1.165, 1.54) is 5.56 Å². The van der Waals surface area contributed by atoms with Crippen molar-refractivity contribution in [3.63, 3.8) is 0 Å². The fraction of sp³-hybridized carbons (Fsp3) is 0.500. The highest BCUT2D eigenvalue weighted by Gasteiger charge is 2.03. The van der Waals surface area contributed by atoms with Gasteiger partial charge in [0, 0.05) is 6.54 Å². The van der Waals surface area contributed by atoms with Crippen molar-refractivity contribution in [3.8, 4) is 0 Å². The van der Waals surface area contributed by atoms with Crippen LogP contribution in [-0.2, 0) is 4.74 Å². The van der Waals surface area contributed by atoms with Gasteiger partial charge < -0.3 is 10.1 Å². The smallest absolute Gasteiger partial charge is 0.0797 e. The zero-order chi connectivity index (χ0) is 10.2. The van der Waals surface area contributed by atoms with Crippen molar-refractivity contribution in [2.24, 2.45) is 0 Å². The normalized spacial score (nSPS) is 12.7. The van der Waals surface area contributed by atoms with Crippen LogP contribution in [0.15, 0.2) is 30.3 Å². The third-order valence-electron chi connectivity index (χ3n) is 2.17. The summed E-state index contributed by atoms with van der Waals surface area (Å²) in [5.41, 5.74) is 1.24. The predicted octanol–water partition coefficient (Wildman–Crippen LogP) is 2.37. The van der Waals surface area contributed by atoms with Gasteiger partial charge in [0.15, 0.2) is 0 Å². The Hall–Kier alpha value is -0.860. The van der Waals surface area contributed by atoms with Gasteiger partial charge in [-0.3, -0.25) is 0 Å². The van der Waals surface area contributed by atoms with Gasteiger partial charge in [0.25, 0.3) is 0 Å². The molecule has 0 aliphatic carbocycles. The zero-order valence-corrected chi connectivity index (χ0v) is 8.99. The molecular weight excluding hydrogens is 174 g/mol. The molecule has 1 aromatic carbocycles. The third kappa shape index (κ3) is 3.90. The van der Waals surface area contributed by atoms with Crippen LogP contribution >= 0.6 is 0 Å². The van der Waals surface area contributed by atoms with Crippen molar-refractivity contribution in [1.29, 1.82) is 0 Å². The Balaban J connectivity index is 2.25. The lowest BCUT2D eigenvalue weighted by molar-refractivity contribution is 0.0680. The Bertz CT molecular complexity index is 235. The minimum absolute atomic E-state index is 0.190. The van der Waals surface area contributed by atoms with Gasteiger partial charge in [-0.25, -0.2) is 0 Å². The molecule has 0 amide bonds. The second kappa shape index (κ2) is 6.57. The van der Waals surface area contributed by atoms with E-state index in [1.807, 2.05) is 18.2 Å². The van der Waals surface area contributed by atoms with Crippen molar-refractivity contribution in [3.05, 3.63) is 35.9 Å². The van der Waals surface area contributed by atoms with E-state index in [2.05, 4.69) is 31.3 Å². The fourth-order valence-corrected chi connectivity index (χ4v) is 1.30. The molecule has 1 unspecified atom stereocenters. The van der Waals surface area contributed by atoms with Crippen molar-refractivity contribution < 1.29 is 4.74 Å². The maximum Gasteiger partial charge on any atom is 0.0797 e. The van der Waals surface area contributed by atoms with Crippen LogP contribution in [0, 0.1) is 0 Å². The Morgan fingerprint density at radius 2 is 2.00 bits per heavy atom. The minimum Gasteiger partial charge on any atom is -0.373 e. The first kappa shape index (κ1) is 11.2. The first-order valence-electron chi connectivity index (χ1n) is 5.22. The summed E-state index contributed by atoms with van der Waals surface area (Å²) in [4.78, 5) is 0. The van der Waals surface area contributed by atoms with Crippen LogP contribution in [0.2, 0.25) is 0 Å². The van der Waals surface area contributed by atoms with Gasteiger partial charge in [-0.2, -0.15) is 0 Å². The van der Waals surface area contributed by atoms with Crippen LogP contribution < -0.4 is 5.32 Å². The molecule has 0 aliphatic rings. The molecule has 14 heavy (non-hydrogen) atoms. The second-order valence-electron chi connectivity index (χ2n) is 3.28. The molecule has 78 valence electrons. The molecule has 0 saturated carbocycles. The lowest BCUT2D eigenvalue weighted by Gasteiger charge is -2.13. The number of ether oxygens (including phenoxy) is 1. The maximum atomic E-state index is 5.67. The standard InChI is InChI=1S/C12H19NO/c1-3-13-9-10-14-11(2)12-7-5-4-6-8-12/h4-8,11,13H,3,9-10H2,1-2H3. The van der Waals surface area contributed by atoms with E-state index in [4.69, 9.17) is 4.74 Å². The van der Waals surface area contributed by atoms with Gasteiger partial charge in [0.05, 0.1) is 12.7 Å². The van der Waals surface area contributed by atoms with Crippen LogP contribution in [0.3, 0.4) is 0 Å². The summed E-state index contributed by atoms with van der Waals surface area (Å²) in [6.45, 7) is 6.88. The van der Waals surface area contributed by atoms with Crippen LogP contribution in [0.1, 0.15) is 25.5 Å². The Kier molecular flexibility index (Phi) is 5.27. The molecule has 0 spiro atoms. The zero-order valence-electron chi connectivity index (χ0n) is 8.99. The average Bonchev–Trinajstić information content (AvgIpc) is 2.25. The monoisotopic (exact) mass is 193 g/mol. The van der Waals surface area contributed by atoms with E-state index in [0.29, 0.717) is 0 Å². The van der Waals surface area contributed by atoms with Crippen molar-refractivity contribution in [2.75, 3.05) is 19.7 Å². The lowest BCUT2D eigenvalue weighted by atomic mass is 10.1. The first-order valence-corrected chi connectivity index (χ1v) is 5.22. The molecule has 1 aromatic rings. The molecule has 1 rings (SSSR count). The molecule has 2 nitrogen and oxygen atoms in total. The molecule has 0 radical (unpaired) electrons. The number of rotatable bonds is 6. The summed E-state index contributed by atoms with van der Waals surface area (Å²) in [7, 11) is 0. The fourth-order valence-electron chi connectivity index (χ4n) is 1.30. The van der Waals surface area contributed by atoms with E-state index in [9.17, 15) is 0 Å². The molecule has 0 fully saturated rings. The molecule has 1 atom stereocenters. The van der Waals surface area contributed by atoms with Crippen molar-refractivity contribution in [2.45, 2.75) is 20.0 Å². The van der Waals surface area contributed by atoms with E-state index < -0.39 is 0 Å². The number of nitrogens with one attached hydrogen (secondary N) is 1. The molecule has 0 saturated heterocycles. The molecule has 0 aromatic heterocycles. The third-order valence-corrected chi connectivity index (χ3v) is 2.17. The SMILES string of the molecule is CCNCCOC(C)c1ccccc1. The Morgan fingerprint density at radius 3 is 2.64 bits per heavy atom. The molecule has 0 aliphatic heterocycles. The topological polar surface area (TPSA) is 21.3 Å². The van der Waals surface area contributed by atoms with E-state index in [-0.39, 0.29) is 6.10 Å². The van der Waals surface area contributed by atoms with Gasteiger partial charge in [-0.1, -0.05) is 37.3 Å². The summed E-state index contributed by atoms with van der Waals surface area (Å²) >= 11 is 0. The van der Waals surface area contributed by atoms with Crippen LogP contribution in [0.4, 0.5) is 0 Å². The maximum absolute atomic E-state index is 5.67. The van der Waals surface area contributed by atoms with Gasteiger partial charge in [-0.15, -0.1) is 0 Å². The summed E-state index contributed by atoms with van der Waals surface area (Å²) in [6, 6.07) is 10.3.